The summed E-state index contributed by atoms with van der Waals surface area (Å²) in [5.41, 5.74) is 0.709. The predicted molar refractivity (Wildman–Crippen MR) is 142 cm³/mol. The van der Waals surface area contributed by atoms with Gasteiger partial charge in [0.1, 0.15) is 12.1 Å². The first-order valence-corrected chi connectivity index (χ1v) is 11.6. The van der Waals surface area contributed by atoms with Gasteiger partial charge in [0.15, 0.2) is 5.82 Å². The van der Waals surface area contributed by atoms with E-state index in [-0.39, 0.29) is 22.4 Å². The molecule has 13 heteroatoms. The Morgan fingerprint density at radius 1 is 1.11 bits per heavy atom. The van der Waals surface area contributed by atoms with Crippen LogP contribution < -0.4 is 20.3 Å². The summed E-state index contributed by atoms with van der Waals surface area (Å²) in [4.78, 5) is 28.5. The summed E-state index contributed by atoms with van der Waals surface area (Å²) in [6, 6.07) is 6.45. The van der Waals surface area contributed by atoms with Crippen LogP contribution in [0, 0.1) is 0 Å². The third-order valence-electron chi connectivity index (χ3n) is 5.36. The van der Waals surface area contributed by atoms with Crippen molar-refractivity contribution in [1.82, 2.24) is 19.9 Å². The number of ether oxygens (including phenoxy) is 1. The monoisotopic (exact) mass is 549 g/mol. The maximum atomic E-state index is 13.3. The molecule has 1 amide bonds. The number of alkyl halides is 3. The van der Waals surface area contributed by atoms with Crippen molar-refractivity contribution >= 4 is 40.5 Å². The van der Waals surface area contributed by atoms with Gasteiger partial charge in [-0.25, -0.2) is 9.97 Å². The van der Waals surface area contributed by atoms with Crippen LogP contribution >= 0.6 is 11.6 Å². The first kappa shape index (κ1) is 28.7. The summed E-state index contributed by atoms with van der Waals surface area (Å²) in [6.07, 6.45) is -2.27. The number of carbonyl (C=O) groups excluding carboxylic acids is 1. The van der Waals surface area contributed by atoms with Crippen molar-refractivity contribution in [3.8, 4) is 17.1 Å². The van der Waals surface area contributed by atoms with Gasteiger partial charge in [-0.05, 0) is 44.4 Å². The van der Waals surface area contributed by atoms with Crippen molar-refractivity contribution in [3.05, 3.63) is 59.9 Å². The molecule has 0 saturated carbocycles. The fraction of sp³-hybridized carbons (Fsp3) is 0.280. The lowest BCUT2D eigenvalue weighted by Crippen LogP contribution is -2.29. The summed E-state index contributed by atoms with van der Waals surface area (Å²) in [6.45, 7) is 4.93. The molecule has 0 unspecified atom stereocenters. The van der Waals surface area contributed by atoms with Crippen LogP contribution in [-0.4, -0.2) is 67.1 Å². The summed E-state index contributed by atoms with van der Waals surface area (Å²) in [5, 5.41) is 5.67. The minimum absolute atomic E-state index is 0.0188. The van der Waals surface area contributed by atoms with E-state index in [0.29, 0.717) is 29.4 Å². The molecule has 0 fully saturated rings. The van der Waals surface area contributed by atoms with Crippen LogP contribution in [0.3, 0.4) is 0 Å². The van der Waals surface area contributed by atoms with Crippen molar-refractivity contribution in [2.75, 3.05) is 56.9 Å². The molecular formula is C25H27ClF3N7O2. The Bertz CT molecular complexity index is 1320. The number of amides is 1. The zero-order chi connectivity index (χ0) is 28.0. The van der Waals surface area contributed by atoms with Crippen molar-refractivity contribution in [2.24, 2.45) is 0 Å². The highest BCUT2D eigenvalue weighted by atomic mass is 35.5. The number of carbonyl (C=O) groups is 1. The molecule has 2 aromatic carbocycles. The number of likely N-dealkylation sites (N-methyl/N-ethyl adjacent to an activating group) is 2. The van der Waals surface area contributed by atoms with Gasteiger partial charge < -0.3 is 25.2 Å². The summed E-state index contributed by atoms with van der Waals surface area (Å²) in [5.74, 6) is 0.0239. The average molecular weight is 550 g/mol. The second kappa shape index (κ2) is 12.1. The molecule has 0 aliphatic carbocycles. The number of anilines is 4. The van der Waals surface area contributed by atoms with Gasteiger partial charge in [0.2, 0.25) is 11.9 Å². The molecule has 0 bridgehead atoms. The average Bonchev–Trinajstić information content (AvgIpc) is 2.86. The standard InChI is InChI=1S/C25H27ClF3N7O2/c1-6-22(37)32-18-12-19(21(38-5)13-20(18)36(4)8-7-35(2)3)33-24-31-14-30-23(34-24)15-9-16(25(27,28)29)11-17(26)10-15/h6,9-14H,1,7-8H2,2-5H3,(H,32,37)(H,30,31,33,34). The molecule has 3 rings (SSSR count). The minimum Gasteiger partial charge on any atom is -0.494 e. The van der Waals surface area contributed by atoms with E-state index in [0.717, 1.165) is 31.1 Å². The molecule has 1 aromatic heterocycles. The lowest BCUT2D eigenvalue weighted by molar-refractivity contribution is -0.137. The molecule has 0 atom stereocenters. The van der Waals surface area contributed by atoms with Crippen molar-refractivity contribution < 1.29 is 22.7 Å². The quantitative estimate of drug-likeness (QED) is 0.338. The molecule has 202 valence electrons. The molecule has 0 saturated heterocycles. The van der Waals surface area contributed by atoms with E-state index < -0.39 is 17.6 Å². The van der Waals surface area contributed by atoms with Crippen molar-refractivity contribution in [2.45, 2.75) is 6.18 Å². The van der Waals surface area contributed by atoms with E-state index in [9.17, 15) is 18.0 Å². The highest BCUT2D eigenvalue weighted by Crippen LogP contribution is 2.38. The van der Waals surface area contributed by atoms with Gasteiger partial charge in [-0.1, -0.05) is 18.2 Å². The normalized spacial score (nSPS) is 11.3. The SMILES string of the molecule is C=CC(=O)Nc1cc(Nc2ncnc(-c3cc(Cl)cc(C(F)(F)F)c3)n2)c(OC)cc1N(C)CCN(C)C. The number of hydrogen-bond donors (Lipinski definition) is 2. The molecule has 38 heavy (non-hydrogen) atoms. The zero-order valence-electron chi connectivity index (χ0n) is 21.2. The second-order valence-corrected chi connectivity index (χ2v) is 8.91. The molecule has 1 heterocycles. The molecule has 0 radical (unpaired) electrons. The Kier molecular flexibility index (Phi) is 9.13. The van der Waals surface area contributed by atoms with E-state index >= 15 is 0 Å². The number of nitrogens with zero attached hydrogens (tertiary/aromatic N) is 5. The topological polar surface area (TPSA) is 95.5 Å². The fourth-order valence-corrected chi connectivity index (χ4v) is 3.64. The number of halogens is 4. The number of methoxy groups -OCH3 is 1. The van der Waals surface area contributed by atoms with Gasteiger partial charge in [-0.15, -0.1) is 0 Å². The summed E-state index contributed by atoms with van der Waals surface area (Å²) < 4.78 is 45.4. The number of nitrogens with one attached hydrogen (secondary N) is 2. The van der Waals surface area contributed by atoms with Crippen molar-refractivity contribution in [3.63, 3.8) is 0 Å². The summed E-state index contributed by atoms with van der Waals surface area (Å²) in [7, 11) is 7.28. The first-order chi connectivity index (χ1) is 17.9. The smallest absolute Gasteiger partial charge is 0.416 e. The fourth-order valence-electron chi connectivity index (χ4n) is 3.40. The molecule has 2 N–H and O–H groups in total. The molecule has 0 spiro atoms. The van der Waals surface area contributed by atoms with Crippen molar-refractivity contribution in [1.29, 1.82) is 0 Å². The molecule has 9 nitrogen and oxygen atoms in total. The lowest BCUT2D eigenvalue weighted by atomic mass is 10.1. The second-order valence-electron chi connectivity index (χ2n) is 8.47. The van der Waals surface area contributed by atoms with Crippen LogP contribution in [-0.2, 0) is 11.0 Å². The molecule has 0 aliphatic heterocycles. The van der Waals surface area contributed by atoms with E-state index in [2.05, 4.69) is 32.2 Å². The van der Waals surface area contributed by atoms with Crippen LogP contribution in [0.2, 0.25) is 5.02 Å². The molecule has 0 aliphatic rings. The Morgan fingerprint density at radius 3 is 2.47 bits per heavy atom. The number of benzene rings is 2. The van der Waals surface area contributed by atoms with E-state index in [4.69, 9.17) is 16.3 Å². The highest BCUT2D eigenvalue weighted by Gasteiger charge is 2.31. The van der Waals surface area contributed by atoms with Crippen LogP contribution in [0.25, 0.3) is 11.4 Å². The third kappa shape index (κ3) is 7.33. The number of rotatable bonds is 10. The van der Waals surface area contributed by atoms with E-state index in [1.807, 2.05) is 30.9 Å². The Labute approximate surface area is 223 Å². The predicted octanol–water partition coefficient (Wildman–Crippen LogP) is 5.09. The Balaban J connectivity index is 2.00. The zero-order valence-corrected chi connectivity index (χ0v) is 22.0. The maximum Gasteiger partial charge on any atom is 0.416 e. The van der Waals surface area contributed by atoms with Gasteiger partial charge >= 0.3 is 6.18 Å². The number of hydrogen-bond acceptors (Lipinski definition) is 8. The largest absolute Gasteiger partial charge is 0.494 e. The van der Waals surface area contributed by atoms with Crippen LogP contribution in [0.4, 0.5) is 36.2 Å². The molecular weight excluding hydrogens is 523 g/mol. The highest BCUT2D eigenvalue weighted by molar-refractivity contribution is 6.31. The van der Waals surface area contributed by atoms with Crippen LogP contribution in [0.15, 0.2) is 49.3 Å². The lowest BCUT2D eigenvalue weighted by Gasteiger charge is -2.26. The Hall–Kier alpha value is -3.90. The van der Waals surface area contributed by atoms with E-state index in [1.54, 1.807) is 12.1 Å². The van der Waals surface area contributed by atoms with Gasteiger partial charge in [-0.2, -0.15) is 18.2 Å². The van der Waals surface area contributed by atoms with Crippen LogP contribution in [0.1, 0.15) is 5.56 Å². The van der Waals surface area contributed by atoms with Gasteiger partial charge in [-0.3, -0.25) is 4.79 Å². The van der Waals surface area contributed by atoms with Gasteiger partial charge in [0.05, 0.1) is 29.7 Å². The summed E-state index contributed by atoms with van der Waals surface area (Å²) >= 11 is 5.91. The van der Waals surface area contributed by atoms with Gasteiger partial charge in [0, 0.05) is 36.8 Å². The third-order valence-corrected chi connectivity index (χ3v) is 5.57. The minimum atomic E-state index is -4.59. The Morgan fingerprint density at radius 2 is 1.84 bits per heavy atom. The maximum absolute atomic E-state index is 13.3. The van der Waals surface area contributed by atoms with E-state index in [1.165, 1.54) is 13.2 Å². The molecule has 3 aromatic rings. The number of aromatic nitrogens is 3. The van der Waals surface area contributed by atoms with Crippen LogP contribution in [0.5, 0.6) is 5.75 Å². The first-order valence-electron chi connectivity index (χ1n) is 11.3. The van der Waals surface area contributed by atoms with Gasteiger partial charge in [0.25, 0.3) is 0 Å².